The van der Waals surface area contributed by atoms with Crippen LogP contribution in [0.4, 0.5) is 0 Å². The number of rotatable bonds is 4. The molecule has 1 aromatic carbocycles. The molecule has 1 unspecified atom stereocenters. The van der Waals surface area contributed by atoms with E-state index in [2.05, 4.69) is 28.4 Å². The lowest BCUT2D eigenvalue weighted by atomic mass is 10.00. The lowest BCUT2D eigenvalue weighted by Crippen LogP contribution is -2.46. The molecule has 2 nitrogen and oxygen atoms in total. The van der Waals surface area contributed by atoms with Crippen LogP contribution in [-0.2, 0) is 0 Å². The molecule has 1 aliphatic heterocycles. The minimum Gasteiger partial charge on any atom is -0.314 e. The van der Waals surface area contributed by atoms with Crippen molar-refractivity contribution in [3.05, 3.63) is 34.9 Å². The van der Waals surface area contributed by atoms with Crippen LogP contribution in [0.2, 0.25) is 5.02 Å². The third-order valence-corrected chi connectivity index (χ3v) is 5.12. The summed E-state index contributed by atoms with van der Waals surface area (Å²) < 4.78 is 0. The van der Waals surface area contributed by atoms with E-state index in [4.69, 9.17) is 11.6 Å². The lowest BCUT2D eigenvalue weighted by molar-refractivity contribution is 0.151. The summed E-state index contributed by atoms with van der Waals surface area (Å²) in [7, 11) is 0. The van der Waals surface area contributed by atoms with Gasteiger partial charge in [-0.3, -0.25) is 4.90 Å². The molecule has 1 N–H and O–H groups in total. The molecule has 3 rings (SSSR count). The van der Waals surface area contributed by atoms with E-state index in [1.54, 1.807) is 0 Å². The topological polar surface area (TPSA) is 15.3 Å². The molecule has 20 heavy (non-hydrogen) atoms. The van der Waals surface area contributed by atoms with E-state index in [0.717, 1.165) is 30.6 Å². The van der Waals surface area contributed by atoms with Crippen LogP contribution in [0, 0.1) is 5.92 Å². The third kappa shape index (κ3) is 3.55. The first-order valence-electron chi connectivity index (χ1n) is 8.03. The second-order valence-electron chi connectivity index (χ2n) is 6.25. The van der Waals surface area contributed by atoms with E-state index in [0.29, 0.717) is 6.04 Å². The largest absolute Gasteiger partial charge is 0.314 e. The SMILES string of the molecule is Clc1cccc(C2CNCCN2CCC2CCCC2)c1. The fraction of sp³-hybridized carbons (Fsp3) is 0.647. The smallest absolute Gasteiger partial charge is 0.0473 e. The van der Waals surface area contributed by atoms with Gasteiger partial charge in [-0.2, -0.15) is 0 Å². The van der Waals surface area contributed by atoms with Crippen molar-refractivity contribution in [3.8, 4) is 0 Å². The highest BCUT2D eigenvalue weighted by Crippen LogP contribution is 2.30. The average molecular weight is 293 g/mol. The number of piperazine rings is 1. The van der Waals surface area contributed by atoms with Crippen molar-refractivity contribution in [2.75, 3.05) is 26.2 Å². The standard InChI is InChI=1S/C17H25ClN2/c18-16-7-3-6-15(12-16)17-13-19-9-11-20(17)10-8-14-4-1-2-5-14/h3,6-7,12,14,17,19H,1-2,4-5,8-11,13H2. The van der Waals surface area contributed by atoms with Gasteiger partial charge in [0.05, 0.1) is 0 Å². The fourth-order valence-corrected chi connectivity index (χ4v) is 3.90. The Labute approximate surface area is 127 Å². The van der Waals surface area contributed by atoms with Crippen molar-refractivity contribution in [1.29, 1.82) is 0 Å². The number of nitrogens with one attached hydrogen (secondary N) is 1. The van der Waals surface area contributed by atoms with Crippen molar-refractivity contribution >= 4 is 11.6 Å². The zero-order valence-corrected chi connectivity index (χ0v) is 12.9. The van der Waals surface area contributed by atoms with Crippen molar-refractivity contribution in [2.24, 2.45) is 5.92 Å². The molecule has 0 bridgehead atoms. The molecule has 2 fully saturated rings. The highest BCUT2D eigenvalue weighted by atomic mass is 35.5. The zero-order valence-electron chi connectivity index (χ0n) is 12.2. The van der Waals surface area contributed by atoms with Gasteiger partial charge in [-0.15, -0.1) is 0 Å². The van der Waals surface area contributed by atoms with Crippen molar-refractivity contribution in [2.45, 2.75) is 38.1 Å². The summed E-state index contributed by atoms with van der Waals surface area (Å²) in [6.45, 7) is 4.56. The van der Waals surface area contributed by atoms with Crippen LogP contribution in [-0.4, -0.2) is 31.1 Å². The molecule has 2 aliphatic rings. The van der Waals surface area contributed by atoms with E-state index in [1.807, 2.05) is 6.07 Å². The molecule has 0 aromatic heterocycles. The Balaban J connectivity index is 1.64. The summed E-state index contributed by atoms with van der Waals surface area (Å²) in [6, 6.07) is 8.86. The predicted molar refractivity (Wildman–Crippen MR) is 85.2 cm³/mol. The average Bonchev–Trinajstić information content (AvgIpc) is 2.99. The summed E-state index contributed by atoms with van der Waals surface area (Å²) >= 11 is 6.15. The predicted octanol–water partition coefficient (Wildman–Crippen LogP) is 3.87. The van der Waals surface area contributed by atoms with Gasteiger partial charge in [0.15, 0.2) is 0 Å². The second-order valence-corrected chi connectivity index (χ2v) is 6.69. The minimum absolute atomic E-state index is 0.490. The number of benzene rings is 1. The van der Waals surface area contributed by atoms with Crippen LogP contribution in [0.1, 0.15) is 43.7 Å². The molecule has 110 valence electrons. The van der Waals surface area contributed by atoms with E-state index in [-0.39, 0.29) is 0 Å². The summed E-state index contributed by atoms with van der Waals surface area (Å²) in [5.41, 5.74) is 1.36. The molecule has 0 spiro atoms. The van der Waals surface area contributed by atoms with Crippen LogP contribution < -0.4 is 5.32 Å². The van der Waals surface area contributed by atoms with Crippen LogP contribution in [0.5, 0.6) is 0 Å². The lowest BCUT2D eigenvalue weighted by Gasteiger charge is -2.37. The summed E-state index contributed by atoms with van der Waals surface area (Å²) in [5.74, 6) is 0.977. The molecular formula is C17H25ClN2. The van der Waals surface area contributed by atoms with Gasteiger partial charge in [0.25, 0.3) is 0 Å². The first-order chi connectivity index (χ1) is 9.83. The van der Waals surface area contributed by atoms with Crippen LogP contribution in [0.15, 0.2) is 24.3 Å². The number of hydrogen-bond donors (Lipinski definition) is 1. The number of hydrogen-bond acceptors (Lipinski definition) is 2. The normalized spacial score (nSPS) is 25.1. The summed E-state index contributed by atoms with van der Waals surface area (Å²) in [6.07, 6.45) is 7.17. The first kappa shape index (κ1) is 14.4. The van der Waals surface area contributed by atoms with Crippen molar-refractivity contribution in [3.63, 3.8) is 0 Å². The van der Waals surface area contributed by atoms with Gasteiger partial charge < -0.3 is 5.32 Å². The minimum atomic E-state index is 0.490. The highest BCUT2D eigenvalue weighted by Gasteiger charge is 2.25. The molecule has 1 atom stereocenters. The monoisotopic (exact) mass is 292 g/mol. The first-order valence-corrected chi connectivity index (χ1v) is 8.41. The van der Waals surface area contributed by atoms with E-state index in [9.17, 15) is 0 Å². The molecule has 1 saturated carbocycles. The van der Waals surface area contributed by atoms with Gasteiger partial charge >= 0.3 is 0 Å². The van der Waals surface area contributed by atoms with E-state index >= 15 is 0 Å². The Bertz CT molecular complexity index is 429. The van der Waals surface area contributed by atoms with Crippen molar-refractivity contribution < 1.29 is 0 Å². The zero-order chi connectivity index (χ0) is 13.8. The maximum atomic E-state index is 6.15. The van der Waals surface area contributed by atoms with Crippen molar-refractivity contribution in [1.82, 2.24) is 10.2 Å². The van der Waals surface area contributed by atoms with Gasteiger partial charge in [0.1, 0.15) is 0 Å². The maximum absolute atomic E-state index is 6.15. The van der Waals surface area contributed by atoms with Gasteiger partial charge in [-0.1, -0.05) is 49.4 Å². The second kappa shape index (κ2) is 6.93. The molecule has 1 aliphatic carbocycles. The summed E-state index contributed by atoms with van der Waals surface area (Å²) in [4.78, 5) is 2.65. The highest BCUT2D eigenvalue weighted by molar-refractivity contribution is 6.30. The maximum Gasteiger partial charge on any atom is 0.0473 e. The number of halogens is 1. The fourth-order valence-electron chi connectivity index (χ4n) is 3.70. The van der Waals surface area contributed by atoms with Gasteiger partial charge in [0.2, 0.25) is 0 Å². The third-order valence-electron chi connectivity index (χ3n) is 4.89. The Morgan fingerprint density at radius 1 is 1.25 bits per heavy atom. The molecular weight excluding hydrogens is 268 g/mol. The Morgan fingerprint density at radius 3 is 2.90 bits per heavy atom. The quantitative estimate of drug-likeness (QED) is 0.906. The molecule has 1 heterocycles. The van der Waals surface area contributed by atoms with Gasteiger partial charge in [-0.25, -0.2) is 0 Å². The van der Waals surface area contributed by atoms with Gasteiger partial charge in [0, 0.05) is 30.7 Å². The Kier molecular flexibility index (Phi) is 4.98. The van der Waals surface area contributed by atoms with Crippen LogP contribution in [0.25, 0.3) is 0 Å². The van der Waals surface area contributed by atoms with Crippen LogP contribution >= 0.6 is 11.6 Å². The molecule has 3 heteroatoms. The van der Waals surface area contributed by atoms with Gasteiger partial charge in [-0.05, 0) is 36.6 Å². The van der Waals surface area contributed by atoms with Crippen LogP contribution in [0.3, 0.4) is 0 Å². The Hall–Kier alpha value is -0.570. The molecule has 1 saturated heterocycles. The molecule has 1 aromatic rings. The van der Waals surface area contributed by atoms with E-state index in [1.165, 1.54) is 44.2 Å². The summed E-state index contributed by atoms with van der Waals surface area (Å²) in [5, 5.41) is 4.38. The molecule has 0 radical (unpaired) electrons. The van der Waals surface area contributed by atoms with E-state index < -0.39 is 0 Å². The molecule has 0 amide bonds. The Morgan fingerprint density at radius 2 is 2.10 bits per heavy atom. The number of nitrogens with zero attached hydrogens (tertiary/aromatic N) is 1.